The highest BCUT2D eigenvalue weighted by atomic mass is 79.9. The zero-order valence-corrected chi connectivity index (χ0v) is 9.96. The van der Waals surface area contributed by atoms with Crippen LogP contribution in [0.25, 0.3) is 5.69 Å². The molecular weight excluding hydrogens is 288 g/mol. The summed E-state index contributed by atoms with van der Waals surface area (Å²) < 4.78 is 2.03. The molecule has 1 heterocycles. The molecule has 0 aliphatic carbocycles. The third-order valence-corrected chi connectivity index (χ3v) is 2.74. The summed E-state index contributed by atoms with van der Waals surface area (Å²) in [6.45, 7) is 0. The lowest BCUT2D eigenvalue weighted by atomic mass is 10.2. The molecule has 0 unspecified atom stereocenters. The number of nitriles is 1. The van der Waals surface area contributed by atoms with Gasteiger partial charge in [0.05, 0.1) is 22.2 Å². The largest absolute Gasteiger partial charge is 0.307 e. The number of aromatic nitrogens is 2. The van der Waals surface area contributed by atoms with Crippen LogP contribution < -0.4 is 0 Å². The Kier molecular flexibility index (Phi) is 2.89. The zero-order valence-electron chi connectivity index (χ0n) is 8.37. The van der Waals surface area contributed by atoms with Gasteiger partial charge in [-0.3, -0.25) is 10.1 Å². The van der Waals surface area contributed by atoms with Gasteiger partial charge in [-0.15, -0.1) is 0 Å². The van der Waals surface area contributed by atoms with Gasteiger partial charge in [-0.25, -0.2) is 4.68 Å². The zero-order chi connectivity index (χ0) is 12.4. The highest BCUT2D eigenvalue weighted by Gasteiger charge is 2.11. The van der Waals surface area contributed by atoms with Crippen LogP contribution in [0.15, 0.2) is 35.1 Å². The van der Waals surface area contributed by atoms with E-state index in [-0.39, 0.29) is 5.69 Å². The van der Waals surface area contributed by atoms with E-state index in [9.17, 15) is 10.1 Å². The van der Waals surface area contributed by atoms with Crippen molar-refractivity contribution in [3.63, 3.8) is 0 Å². The Balaban J connectivity index is 2.46. The molecule has 1 aromatic heterocycles. The second-order valence-corrected chi connectivity index (χ2v) is 4.03. The molecule has 0 aliphatic heterocycles. The van der Waals surface area contributed by atoms with Gasteiger partial charge in [0.25, 0.3) is 0 Å². The number of hydrogen-bond donors (Lipinski definition) is 0. The van der Waals surface area contributed by atoms with Gasteiger partial charge >= 0.3 is 5.69 Å². The lowest BCUT2D eigenvalue weighted by molar-refractivity contribution is -0.384. The summed E-state index contributed by atoms with van der Waals surface area (Å²) in [7, 11) is 0. The van der Waals surface area contributed by atoms with Crippen molar-refractivity contribution in [1.82, 2.24) is 9.78 Å². The molecule has 84 valence electrons. The summed E-state index contributed by atoms with van der Waals surface area (Å²) >= 11 is 3.29. The first kappa shape index (κ1) is 11.3. The van der Waals surface area contributed by atoms with Gasteiger partial charge in [0.2, 0.25) is 0 Å². The molecule has 0 radical (unpaired) electrons. The minimum atomic E-state index is -0.513. The van der Waals surface area contributed by atoms with E-state index in [2.05, 4.69) is 21.0 Å². The van der Waals surface area contributed by atoms with Crippen molar-refractivity contribution in [2.45, 2.75) is 0 Å². The number of hydrogen-bond acceptors (Lipinski definition) is 4. The lowest BCUT2D eigenvalue weighted by Crippen LogP contribution is -1.95. The smallest absolute Gasteiger partial charge is 0.258 e. The van der Waals surface area contributed by atoms with Crippen molar-refractivity contribution >= 4 is 21.6 Å². The number of benzene rings is 1. The molecule has 0 N–H and O–H groups in total. The van der Waals surface area contributed by atoms with Gasteiger partial charge in [-0.2, -0.15) is 10.4 Å². The Morgan fingerprint density at radius 1 is 1.53 bits per heavy atom. The number of nitro groups is 1. The van der Waals surface area contributed by atoms with Gasteiger partial charge in [0.15, 0.2) is 0 Å². The summed E-state index contributed by atoms with van der Waals surface area (Å²) in [4.78, 5) is 10.0. The standard InChI is InChI=1S/C10H5BrN4O2/c11-9-3-7(4-12)1-2-10(9)14-6-8(5-13-14)15(16)17/h1-3,5-6H. The van der Waals surface area contributed by atoms with Crippen molar-refractivity contribution < 1.29 is 4.92 Å². The molecule has 0 saturated heterocycles. The van der Waals surface area contributed by atoms with Crippen LogP contribution in [0.3, 0.4) is 0 Å². The van der Waals surface area contributed by atoms with E-state index in [0.29, 0.717) is 15.7 Å². The van der Waals surface area contributed by atoms with Crippen LogP contribution >= 0.6 is 15.9 Å². The first-order chi connectivity index (χ1) is 8.11. The van der Waals surface area contributed by atoms with Crippen LogP contribution in [0.2, 0.25) is 0 Å². The van der Waals surface area contributed by atoms with Gasteiger partial charge in [0, 0.05) is 4.47 Å². The van der Waals surface area contributed by atoms with Crippen molar-refractivity contribution in [3.8, 4) is 11.8 Å². The Morgan fingerprint density at radius 3 is 2.82 bits per heavy atom. The van der Waals surface area contributed by atoms with E-state index in [1.807, 2.05) is 6.07 Å². The van der Waals surface area contributed by atoms with E-state index in [1.165, 1.54) is 17.1 Å². The van der Waals surface area contributed by atoms with Gasteiger partial charge in [-0.05, 0) is 34.1 Å². The number of halogens is 1. The topological polar surface area (TPSA) is 84.8 Å². The van der Waals surface area contributed by atoms with Crippen LogP contribution in [0.1, 0.15) is 5.56 Å². The van der Waals surface area contributed by atoms with E-state index < -0.39 is 4.92 Å². The maximum Gasteiger partial charge on any atom is 0.307 e. The summed E-state index contributed by atoms with van der Waals surface area (Å²) in [5, 5.41) is 23.1. The summed E-state index contributed by atoms with van der Waals surface area (Å²) in [5.74, 6) is 0. The highest BCUT2D eigenvalue weighted by molar-refractivity contribution is 9.10. The molecular formula is C10H5BrN4O2. The Labute approximate surface area is 104 Å². The molecule has 0 spiro atoms. The molecule has 0 bridgehead atoms. The van der Waals surface area contributed by atoms with Crippen LogP contribution in [0.4, 0.5) is 5.69 Å². The van der Waals surface area contributed by atoms with Crippen molar-refractivity contribution in [1.29, 1.82) is 5.26 Å². The molecule has 0 amide bonds. The molecule has 7 heteroatoms. The van der Waals surface area contributed by atoms with Crippen LogP contribution in [0.5, 0.6) is 0 Å². The highest BCUT2D eigenvalue weighted by Crippen LogP contribution is 2.23. The third-order valence-electron chi connectivity index (χ3n) is 2.10. The predicted octanol–water partition coefficient (Wildman–Crippen LogP) is 2.41. The van der Waals surface area contributed by atoms with E-state index in [4.69, 9.17) is 5.26 Å². The third kappa shape index (κ3) is 2.16. The molecule has 0 saturated carbocycles. The van der Waals surface area contributed by atoms with E-state index in [0.717, 1.165) is 0 Å². The van der Waals surface area contributed by atoms with Crippen molar-refractivity contribution in [2.75, 3.05) is 0 Å². The normalized spacial score (nSPS) is 9.88. The molecule has 0 aliphatic rings. The quantitative estimate of drug-likeness (QED) is 0.628. The monoisotopic (exact) mass is 292 g/mol. The van der Waals surface area contributed by atoms with Crippen molar-refractivity contribution in [2.24, 2.45) is 0 Å². The van der Waals surface area contributed by atoms with Crippen LogP contribution in [0, 0.1) is 21.4 Å². The molecule has 6 nitrogen and oxygen atoms in total. The maximum absolute atomic E-state index is 10.5. The summed E-state index contributed by atoms with van der Waals surface area (Å²) in [6, 6.07) is 6.91. The van der Waals surface area contributed by atoms with Crippen LogP contribution in [-0.4, -0.2) is 14.7 Å². The average Bonchev–Trinajstić information content (AvgIpc) is 2.78. The minimum absolute atomic E-state index is 0.0822. The van der Waals surface area contributed by atoms with E-state index >= 15 is 0 Å². The van der Waals surface area contributed by atoms with Crippen molar-refractivity contribution in [3.05, 3.63) is 50.7 Å². The maximum atomic E-state index is 10.5. The fourth-order valence-corrected chi connectivity index (χ4v) is 1.86. The molecule has 2 rings (SSSR count). The Bertz CT molecular complexity index is 629. The minimum Gasteiger partial charge on any atom is -0.258 e. The second-order valence-electron chi connectivity index (χ2n) is 3.18. The summed E-state index contributed by atoms with van der Waals surface area (Å²) in [6.07, 6.45) is 2.48. The first-order valence-corrected chi connectivity index (χ1v) is 5.30. The average molecular weight is 293 g/mol. The predicted molar refractivity (Wildman–Crippen MR) is 62.6 cm³/mol. The van der Waals surface area contributed by atoms with E-state index in [1.54, 1.807) is 18.2 Å². The van der Waals surface area contributed by atoms with Gasteiger partial charge in [-0.1, -0.05) is 0 Å². The molecule has 17 heavy (non-hydrogen) atoms. The first-order valence-electron chi connectivity index (χ1n) is 4.51. The lowest BCUT2D eigenvalue weighted by Gasteiger charge is -2.03. The second kappa shape index (κ2) is 4.35. The summed E-state index contributed by atoms with van der Waals surface area (Å²) in [5.41, 5.74) is 1.06. The van der Waals surface area contributed by atoms with Gasteiger partial charge in [0.1, 0.15) is 12.4 Å². The van der Waals surface area contributed by atoms with Gasteiger partial charge < -0.3 is 0 Å². The molecule has 0 fully saturated rings. The number of nitrogens with zero attached hydrogens (tertiary/aromatic N) is 4. The SMILES string of the molecule is N#Cc1ccc(-n2cc([N+](=O)[O-])cn2)c(Br)c1. The molecule has 0 atom stereocenters. The Hall–Kier alpha value is -2.20. The van der Waals surface area contributed by atoms with Crippen LogP contribution in [-0.2, 0) is 0 Å². The molecule has 2 aromatic rings. The Morgan fingerprint density at radius 2 is 2.29 bits per heavy atom. The number of rotatable bonds is 2. The molecule has 1 aromatic carbocycles. The fraction of sp³-hybridized carbons (Fsp3) is 0. The fourth-order valence-electron chi connectivity index (χ4n) is 1.30.